The topological polar surface area (TPSA) is 60.1 Å². The van der Waals surface area contributed by atoms with Crippen LogP contribution in [0.2, 0.25) is 0 Å². The molecule has 0 saturated heterocycles. The van der Waals surface area contributed by atoms with Crippen molar-refractivity contribution in [1.82, 2.24) is 15.1 Å². The van der Waals surface area contributed by atoms with Crippen LogP contribution in [0.25, 0.3) is 0 Å². The number of amides is 1. The van der Waals surface area contributed by atoms with Crippen LogP contribution in [0, 0.1) is 6.92 Å². The van der Waals surface area contributed by atoms with Crippen molar-refractivity contribution < 1.29 is 9.21 Å². The number of furan rings is 1. The third kappa shape index (κ3) is 2.61. The summed E-state index contributed by atoms with van der Waals surface area (Å²) in [4.78, 5) is 12.0. The zero-order chi connectivity index (χ0) is 13.1. The monoisotopic (exact) mass is 247 g/mol. The van der Waals surface area contributed by atoms with Gasteiger partial charge in [-0.1, -0.05) is 0 Å². The van der Waals surface area contributed by atoms with Gasteiger partial charge in [0.25, 0.3) is 5.91 Å². The Kier molecular flexibility index (Phi) is 3.50. The lowest BCUT2D eigenvalue weighted by molar-refractivity contribution is 0.0938. The third-order valence-corrected chi connectivity index (χ3v) is 2.94. The lowest BCUT2D eigenvalue weighted by Gasteiger charge is -2.12. The molecule has 5 nitrogen and oxygen atoms in total. The highest BCUT2D eigenvalue weighted by Gasteiger charge is 2.15. The number of rotatable bonds is 4. The number of carbonyl (C=O) groups excluding carboxylic acids is 1. The number of hydrogen-bond acceptors (Lipinski definition) is 3. The molecule has 0 fully saturated rings. The van der Waals surface area contributed by atoms with E-state index in [0.29, 0.717) is 12.0 Å². The van der Waals surface area contributed by atoms with Crippen LogP contribution in [0.5, 0.6) is 0 Å². The molecule has 1 atom stereocenters. The van der Waals surface area contributed by atoms with Gasteiger partial charge in [-0.25, -0.2) is 0 Å². The van der Waals surface area contributed by atoms with Gasteiger partial charge >= 0.3 is 0 Å². The second-order valence-corrected chi connectivity index (χ2v) is 4.43. The van der Waals surface area contributed by atoms with Gasteiger partial charge < -0.3 is 9.73 Å². The summed E-state index contributed by atoms with van der Waals surface area (Å²) in [5.74, 6) is 0.769. The molecule has 18 heavy (non-hydrogen) atoms. The zero-order valence-corrected chi connectivity index (χ0v) is 10.8. The van der Waals surface area contributed by atoms with Crippen LogP contribution in [-0.2, 0) is 13.5 Å². The van der Waals surface area contributed by atoms with Gasteiger partial charge in [0.05, 0.1) is 18.0 Å². The molecule has 0 radical (unpaired) electrons. The molecule has 0 saturated carbocycles. The lowest BCUT2D eigenvalue weighted by atomic mass is 10.1. The minimum absolute atomic E-state index is 0.0169. The Bertz CT molecular complexity index is 528. The number of nitrogens with one attached hydrogen (secondary N) is 1. The summed E-state index contributed by atoms with van der Waals surface area (Å²) in [6.45, 7) is 3.82. The van der Waals surface area contributed by atoms with E-state index in [4.69, 9.17) is 4.42 Å². The van der Waals surface area contributed by atoms with Crippen molar-refractivity contribution in [2.45, 2.75) is 26.3 Å². The van der Waals surface area contributed by atoms with Gasteiger partial charge in [0, 0.05) is 25.2 Å². The molecule has 0 bridgehead atoms. The molecular formula is C13H17N3O2. The van der Waals surface area contributed by atoms with Crippen LogP contribution in [0.1, 0.15) is 28.7 Å². The van der Waals surface area contributed by atoms with Crippen molar-refractivity contribution in [2.75, 3.05) is 0 Å². The third-order valence-electron chi connectivity index (χ3n) is 2.94. The molecule has 0 aliphatic carbocycles. The summed E-state index contributed by atoms with van der Waals surface area (Å²) in [6.07, 6.45) is 3.90. The molecule has 2 aromatic heterocycles. The van der Waals surface area contributed by atoms with Gasteiger partial charge in [-0.15, -0.1) is 0 Å². The van der Waals surface area contributed by atoms with Crippen LogP contribution < -0.4 is 5.32 Å². The number of aryl methyl sites for hydroxylation is 1. The molecule has 5 heteroatoms. The van der Waals surface area contributed by atoms with Crippen molar-refractivity contribution in [1.29, 1.82) is 0 Å². The van der Waals surface area contributed by atoms with Gasteiger partial charge in [-0.2, -0.15) is 5.10 Å². The molecule has 0 aliphatic rings. The fraction of sp³-hybridized carbons (Fsp3) is 0.385. The molecule has 96 valence electrons. The second kappa shape index (κ2) is 5.08. The predicted molar refractivity (Wildman–Crippen MR) is 67.3 cm³/mol. The summed E-state index contributed by atoms with van der Waals surface area (Å²) >= 11 is 0. The molecule has 0 spiro atoms. The molecule has 2 aromatic rings. The first-order valence-corrected chi connectivity index (χ1v) is 5.89. The molecular weight excluding hydrogens is 230 g/mol. The number of carbonyl (C=O) groups is 1. The first kappa shape index (κ1) is 12.4. The molecule has 1 unspecified atom stereocenters. The SMILES string of the molecule is Cc1c(C(=O)NC(C)Cc2ccco2)cnn1C. The standard InChI is InChI=1S/C13H17N3O2/c1-9(7-11-5-4-6-18-11)15-13(17)12-8-14-16(3)10(12)2/h4-6,8-9H,7H2,1-3H3,(H,15,17). The minimum atomic E-state index is -0.0975. The fourth-order valence-electron chi connectivity index (χ4n) is 1.80. The number of aromatic nitrogens is 2. The van der Waals surface area contributed by atoms with Crippen molar-refractivity contribution in [3.8, 4) is 0 Å². The molecule has 0 aliphatic heterocycles. The highest BCUT2D eigenvalue weighted by Crippen LogP contribution is 2.08. The average Bonchev–Trinajstić information content (AvgIpc) is 2.91. The average molecular weight is 247 g/mol. The lowest BCUT2D eigenvalue weighted by Crippen LogP contribution is -2.34. The molecule has 2 heterocycles. The van der Waals surface area contributed by atoms with Crippen LogP contribution in [0.3, 0.4) is 0 Å². The van der Waals surface area contributed by atoms with E-state index in [0.717, 1.165) is 11.5 Å². The van der Waals surface area contributed by atoms with E-state index in [1.807, 2.05) is 33.0 Å². The largest absolute Gasteiger partial charge is 0.469 e. The summed E-state index contributed by atoms with van der Waals surface area (Å²) < 4.78 is 6.94. The van der Waals surface area contributed by atoms with E-state index in [9.17, 15) is 4.79 Å². The maximum absolute atomic E-state index is 12.0. The van der Waals surface area contributed by atoms with E-state index in [1.165, 1.54) is 0 Å². The van der Waals surface area contributed by atoms with E-state index in [2.05, 4.69) is 10.4 Å². The molecule has 2 rings (SSSR count). The number of nitrogens with zero attached hydrogens (tertiary/aromatic N) is 2. The van der Waals surface area contributed by atoms with Crippen LogP contribution in [0.15, 0.2) is 29.0 Å². The zero-order valence-electron chi connectivity index (χ0n) is 10.8. The molecule has 0 aromatic carbocycles. The minimum Gasteiger partial charge on any atom is -0.469 e. The Hall–Kier alpha value is -2.04. The van der Waals surface area contributed by atoms with E-state index < -0.39 is 0 Å². The van der Waals surface area contributed by atoms with E-state index >= 15 is 0 Å². The van der Waals surface area contributed by atoms with Gasteiger partial charge in [0.2, 0.25) is 0 Å². The second-order valence-electron chi connectivity index (χ2n) is 4.43. The normalized spacial score (nSPS) is 12.4. The van der Waals surface area contributed by atoms with Crippen molar-refractivity contribution in [2.24, 2.45) is 7.05 Å². The van der Waals surface area contributed by atoms with Crippen LogP contribution in [0.4, 0.5) is 0 Å². The highest BCUT2D eigenvalue weighted by atomic mass is 16.3. The van der Waals surface area contributed by atoms with Crippen molar-refractivity contribution in [3.05, 3.63) is 41.6 Å². The Morgan fingerprint density at radius 1 is 1.61 bits per heavy atom. The Morgan fingerprint density at radius 3 is 2.94 bits per heavy atom. The summed E-state index contributed by atoms with van der Waals surface area (Å²) in [7, 11) is 1.82. The van der Waals surface area contributed by atoms with Gasteiger partial charge in [0.1, 0.15) is 5.76 Å². The summed E-state index contributed by atoms with van der Waals surface area (Å²) in [5, 5.41) is 6.99. The molecule has 1 N–H and O–H groups in total. The maximum atomic E-state index is 12.0. The highest BCUT2D eigenvalue weighted by molar-refractivity contribution is 5.95. The fourth-order valence-corrected chi connectivity index (χ4v) is 1.80. The predicted octanol–water partition coefficient (Wildman–Crippen LogP) is 1.68. The summed E-state index contributed by atoms with van der Waals surface area (Å²) in [5.41, 5.74) is 1.47. The van der Waals surface area contributed by atoms with Crippen molar-refractivity contribution in [3.63, 3.8) is 0 Å². The smallest absolute Gasteiger partial charge is 0.254 e. The van der Waals surface area contributed by atoms with E-state index in [-0.39, 0.29) is 11.9 Å². The maximum Gasteiger partial charge on any atom is 0.254 e. The van der Waals surface area contributed by atoms with Gasteiger partial charge in [0.15, 0.2) is 0 Å². The van der Waals surface area contributed by atoms with Gasteiger partial charge in [-0.3, -0.25) is 9.48 Å². The first-order chi connectivity index (χ1) is 8.58. The Morgan fingerprint density at radius 2 is 2.39 bits per heavy atom. The van der Waals surface area contributed by atoms with Gasteiger partial charge in [-0.05, 0) is 26.0 Å². The number of hydrogen-bond donors (Lipinski definition) is 1. The van der Waals surface area contributed by atoms with E-state index in [1.54, 1.807) is 17.1 Å². The Labute approximate surface area is 106 Å². The molecule has 1 amide bonds. The summed E-state index contributed by atoms with van der Waals surface area (Å²) in [6, 6.07) is 3.76. The quantitative estimate of drug-likeness (QED) is 0.894. The Balaban J connectivity index is 1.97. The van der Waals surface area contributed by atoms with Crippen LogP contribution >= 0.6 is 0 Å². The first-order valence-electron chi connectivity index (χ1n) is 5.89. The van der Waals surface area contributed by atoms with Crippen molar-refractivity contribution >= 4 is 5.91 Å². The van der Waals surface area contributed by atoms with Crippen LogP contribution in [-0.4, -0.2) is 21.7 Å².